The summed E-state index contributed by atoms with van der Waals surface area (Å²) in [5.41, 5.74) is 0.977. The molecule has 9 heteroatoms. The molecule has 0 aliphatic carbocycles. The molecular weight excluding hydrogens is 408 g/mol. The van der Waals surface area contributed by atoms with E-state index in [9.17, 15) is 13.2 Å². The number of carbonyl (C=O) groups is 1. The molecule has 0 bridgehead atoms. The number of nitrogens with zero attached hydrogens (tertiary/aromatic N) is 2. The van der Waals surface area contributed by atoms with Crippen LogP contribution >= 0.6 is 0 Å². The molecule has 3 aromatic rings. The van der Waals surface area contributed by atoms with Gasteiger partial charge in [0.1, 0.15) is 10.6 Å². The highest BCUT2D eigenvalue weighted by molar-refractivity contribution is 7.93. The van der Waals surface area contributed by atoms with Crippen LogP contribution < -0.4 is 9.04 Å². The molecule has 0 saturated carbocycles. The first-order valence-electron chi connectivity index (χ1n) is 9.32. The van der Waals surface area contributed by atoms with Crippen molar-refractivity contribution in [2.75, 3.05) is 24.6 Å². The third kappa shape index (κ3) is 4.16. The lowest BCUT2D eigenvalue weighted by Crippen LogP contribution is -2.31. The van der Waals surface area contributed by atoms with E-state index in [-0.39, 0.29) is 35.3 Å². The summed E-state index contributed by atoms with van der Waals surface area (Å²) in [6.07, 6.45) is 0. The Kier molecular flexibility index (Phi) is 6.41. The van der Waals surface area contributed by atoms with Gasteiger partial charge >= 0.3 is 5.97 Å². The number of esters is 1. The summed E-state index contributed by atoms with van der Waals surface area (Å²) in [6, 6.07) is 14.8. The molecule has 1 heterocycles. The Bertz CT molecular complexity index is 1130. The Labute approximate surface area is 175 Å². The van der Waals surface area contributed by atoms with E-state index in [1.54, 1.807) is 44.2 Å². The maximum Gasteiger partial charge on any atom is 0.360 e. The highest BCUT2D eigenvalue weighted by Crippen LogP contribution is 2.34. The van der Waals surface area contributed by atoms with Crippen LogP contribution in [-0.4, -0.2) is 39.8 Å². The molecule has 158 valence electrons. The zero-order valence-corrected chi connectivity index (χ0v) is 17.7. The van der Waals surface area contributed by atoms with Crippen LogP contribution in [0.1, 0.15) is 24.3 Å². The standard InChI is InChI=1S/C21H22N2O6S/c1-4-23(16-9-7-6-8-10-16)30(25,26)20-13-15(11-12-18(20)27-3)19-14-17(22-29-19)21(24)28-5-2/h6-14H,4-5H2,1-3H3. The van der Waals surface area contributed by atoms with Crippen molar-refractivity contribution in [2.24, 2.45) is 0 Å². The van der Waals surface area contributed by atoms with Crippen molar-refractivity contribution in [2.45, 2.75) is 18.7 Å². The molecule has 0 spiro atoms. The monoisotopic (exact) mass is 430 g/mol. The molecule has 0 aliphatic rings. The highest BCUT2D eigenvalue weighted by Gasteiger charge is 2.28. The van der Waals surface area contributed by atoms with Gasteiger partial charge in [-0.1, -0.05) is 23.4 Å². The minimum Gasteiger partial charge on any atom is -0.495 e. The summed E-state index contributed by atoms with van der Waals surface area (Å²) in [4.78, 5) is 11.8. The van der Waals surface area contributed by atoms with Crippen LogP contribution in [0.3, 0.4) is 0 Å². The van der Waals surface area contributed by atoms with Crippen LogP contribution in [0.15, 0.2) is 64.0 Å². The second kappa shape index (κ2) is 9.00. The fraction of sp³-hybridized carbons (Fsp3) is 0.238. The van der Waals surface area contributed by atoms with Crippen LogP contribution in [0.25, 0.3) is 11.3 Å². The minimum atomic E-state index is -3.94. The average Bonchev–Trinajstić information content (AvgIpc) is 3.25. The number of ether oxygens (including phenoxy) is 2. The Morgan fingerprint density at radius 1 is 1.10 bits per heavy atom. The largest absolute Gasteiger partial charge is 0.495 e. The number of carbonyl (C=O) groups excluding carboxylic acids is 1. The van der Waals surface area contributed by atoms with Crippen molar-refractivity contribution < 1.29 is 27.2 Å². The topological polar surface area (TPSA) is 98.9 Å². The van der Waals surface area contributed by atoms with Crippen LogP contribution in [0.2, 0.25) is 0 Å². The molecule has 30 heavy (non-hydrogen) atoms. The number of aromatic nitrogens is 1. The van der Waals surface area contributed by atoms with Crippen LogP contribution in [-0.2, 0) is 14.8 Å². The van der Waals surface area contributed by atoms with Crippen molar-refractivity contribution in [3.8, 4) is 17.1 Å². The summed E-state index contributed by atoms with van der Waals surface area (Å²) in [7, 11) is -2.54. The maximum absolute atomic E-state index is 13.5. The van der Waals surface area contributed by atoms with E-state index in [1.807, 2.05) is 6.07 Å². The smallest absolute Gasteiger partial charge is 0.360 e. The van der Waals surface area contributed by atoms with Gasteiger partial charge in [-0.15, -0.1) is 0 Å². The summed E-state index contributed by atoms with van der Waals surface area (Å²) in [5, 5.41) is 3.70. The van der Waals surface area contributed by atoms with Gasteiger partial charge in [0.2, 0.25) is 0 Å². The number of para-hydroxylation sites is 1. The molecule has 0 radical (unpaired) electrons. The van der Waals surface area contributed by atoms with Crippen molar-refractivity contribution in [3.05, 3.63) is 60.3 Å². The molecule has 1 aromatic heterocycles. The van der Waals surface area contributed by atoms with E-state index in [0.29, 0.717) is 11.3 Å². The maximum atomic E-state index is 13.5. The second-order valence-corrected chi connectivity index (χ2v) is 8.00. The Balaban J connectivity index is 2.06. The van der Waals surface area contributed by atoms with Gasteiger partial charge in [0.25, 0.3) is 10.0 Å². The van der Waals surface area contributed by atoms with Gasteiger partial charge < -0.3 is 14.0 Å². The molecular formula is C21H22N2O6S. The third-order valence-corrected chi connectivity index (χ3v) is 6.27. The van der Waals surface area contributed by atoms with Gasteiger partial charge in [-0.25, -0.2) is 13.2 Å². The fourth-order valence-corrected chi connectivity index (χ4v) is 4.61. The molecule has 0 unspecified atom stereocenters. The normalized spacial score (nSPS) is 11.2. The summed E-state index contributed by atoms with van der Waals surface area (Å²) < 4.78 is 43.6. The van der Waals surface area contributed by atoms with Crippen molar-refractivity contribution in [1.82, 2.24) is 5.16 Å². The van der Waals surface area contributed by atoms with Gasteiger partial charge in [-0.05, 0) is 44.2 Å². The first kappa shape index (κ1) is 21.4. The van der Waals surface area contributed by atoms with Gasteiger partial charge in [0.05, 0.1) is 19.4 Å². The molecule has 0 fully saturated rings. The number of hydrogen-bond acceptors (Lipinski definition) is 7. The number of benzene rings is 2. The predicted octanol–water partition coefficient (Wildman–Crippen LogP) is 3.74. The zero-order chi connectivity index (χ0) is 21.7. The zero-order valence-electron chi connectivity index (χ0n) is 16.9. The quantitative estimate of drug-likeness (QED) is 0.502. The number of methoxy groups -OCH3 is 1. The van der Waals surface area contributed by atoms with Crippen LogP contribution in [0.4, 0.5) is 5.69 Å². The van der Waals surface area contributed by atoms with Crippen LogP contribution in [0.5, 0.6) is 5.75 Å². The Morgan fingerprint density at radius 3 is 2.47 bits per heavy atom. The average molecular weight is 430 g/mol. The third-order valence-electron chi connectivity index (χ3n) is 4.34. The number of anilines is 1. The van der Waals surface area contributed by atoms with Gasteiger partial charge in [-0.3, -0.25) is 4.31 Å². The lowest BCUT2D eigenvalue weighted by Gasteiger charge is -2.24. The molecule has 8 nitrogen and oxygen atoms in total. The van der Waals surface area contributed by atoms with E-state index in [0.717, 1.165) is 0 Å². The van der Waals surface area contributed by atoms with Gasteiger partial charge in [-0.2, -0.15) is 0 Å². The predicted molar refractivity (Wildman–Crippen MR) is 111 cm³/mol. The molecule has 3 rings (SSSR count). The first-order valence-corrected chi connectivity index (χ1v) is 10.8. The molecule has 0 N–H and O–H groups in total. The molecule has 0 atom stereocenters. The number of rotatable bonds is 8. The fourth-order valence-electron chi connectivity index (χ4n) is 2.95. The van der Waals surface area contributed by atoms with Crippen molar-refractivity contribution >= 4 is 21.7 Å². The second-order valence-electron chi connectivity index (χ2n) is 6.17. The van der Waals surface area contributed by atoms with Gasteiger partial charge in [0, 0.05) is 18.2 Å². The SMILES string of the molecule is CCOC(=O)c1cc(-c2ccc(OC)c(S(=O)(=O)N(CC)c3ccccc3)c2)on1. The molecule has 0 amide bonds. The summed E-state index contributed by atoms with van der Waals surface area (Å²) >= 11 is 0. The van der Waals surface area contributed by atoms with Crippen molar-refractivity contribution in [3.63, 3.8) is 0 Å². The van der Waals surface area contributed by atoms with E-state index in [4.69, 9.17) is 14.0 Å². The minimum absolute atomic E-state index is 0.00606. The highest BCUT2D eigenvalue weighted by atomic mass is 32.2. The number of sulfonamides is 1. The Morgan fingerprint density at radius 2 is 1.83 bits per heavy atom. The summed E-state index contributed by atoms with van der Waals surface area (Å²) in [5.74, 6) is -0.187. The van der Waals surface area contributed by atoms with E-state index in [1.165, 1.54) is 29.6 Å². The molecule has 2 aromatic carbocycles. The van der Waals surface area contributed by atoms with Crippen LogP contribution in [0, 0.1) is 0 Å². The Hall–Kier alpha value is -3.33. The summed E-state index contributed by atoms with van der Waals surface area (Å²) in [6.45, 7) is 3.88. The van der Waals surface area contributed by atoms with E-state index in [2.05, 4.69) is 5.16 Å². The molecule has 0 saturated heterocycles. The van der Waals surface area contributed by atoms with Gasteiger partial charge in [0.15, 0.2) is 11.5 Å². The number of hydrogen-bond donors (Lipinski definition) is 0. The first-order chi connectivity index (χ1) is 14.4. The van der Waals surface area contributed by atoms with E-state index >= 15 is 0 Å². The lowest BCUT2D eigenvalue weighted by atomic mass is 10.1. The molecule has 0 aliphatic heterocycles. The van der Waals surface area contributed by atoms with E-state index < -0.39 is 16.0 Å². The van der Waals surface area contributed by atoms with Crippen molar-refractivity contribution in [1.29, 1.82) is 0 Å². The lowest BCUT2D eigenvalue weighted by molar-refractivity contribution is 0.0514.